The summed E-state index contributed by atoms with van der Waals surface area (Å²) in [5.41, 5.74) is 2.39. The van der Waals surface area contributed by atoms with Crippen LogP contribution in [-0.2, 0) is 13.1 Å². The average molecular weight is 296 g/mol. The van der Waals surface area contributed by atoms with E-state index in [0.29, 0.717) is 5.02 Å². The van der Waals surface area contributed by atoms with Crippen molar-refractivity contribution >= 4 is 28.8 Å². The average Bonchev–Trinajstić information content (AvgIpc) is 2.90. The Morgan fingerprint density at radius 3 is 3.00 bits per heavy atom. The van der Waals surface area contributed by atoms with Crippen molar-refractivity contribution in [1.82, 2.24) is 10.3 Å². The maximum absolute atomic E-state index is 6.16. The van der Waals surface area contributed by atoms with Crippen LogP contribution in [0.5, 0.6) is 0 Å². The summed E-state index contributed by atoms with van der Waals surface area (Å²) >= 11 is 7.88. The molecule has 0 aliphatic heterocycles. The second-order valence-corrected chi connectivity index (χ2v) is 5.59. The van der Waals surface area contributed by atoms with Gasteiger partial charge in [0.2, 0.25) is 0 Å². The normalized spacial score (nSPS) is 10.7. The first-order chi connectivity index (χ1) is 9.20. The standard InChI is InChI=1S/C14H18ClN3S/c1-3-16-7-12-6-14(17-8-13(12)15)18(2)9-11-4-5-19-10-11/h4-6,8,10,16H,3,7,9H2,1-2H3. The zero-order valence-electron chi connectivity index (χ0n) is 11.2. The third-order valence-corrected chi connectivity index (χ3v) is 3.95. The third kappa shape index (κ3) is 3.93. The van der Waals surface area contributed by atoms with E-state index in [1.807, 2.05) is 7.05 Å². The largest absolute Gasteiger partial charge is 0.355 e. The van der Waals surface area contributed by atoms with Crippen molar-refractivity contribution < 1.29 is 0 Å². The van der Waals surface area contributed by atoms with Crippen LogP contribution in [0, 0.1) is 0 Å². The predicted molar refractivity (Wildman–Crippen MR) is 83.1 cm³/mol. The fourth-order valence-electron chi connectivity index (χ4n) is 1.81. The van der Waals surface area contributed by atoms with E-state index in [4.69, 9.17) is 11.6 Å². The quantitative estimate of drug-likeness (QED) is 0.883. The molecule has 5 heteroatoms. The van der Waals surface area contributed by atoms with E-state index in [0.717, 1.165) is 31.0 Å². The number of hydrogen-bond acceptors (Lipinski definition) is 4. The Bertz CT molecular complexity index is 513. The van der Waals surface area contributed by atoms with E-state index < -0.39 is 0 Å². The van der Waals surface area contributed by atoms with Gasteiger partial charge in [-0.2, -0.15) is 11.3 Å². The number of aromatic nitrogens is 1. The summed E-state index contributed by atoms with van der Waals surface area (Å²) < 4.78 is 0. The molecule has 0 radical (unpaired) electrons. The topological polar surface area (TPSA) is 28.2 Å². The highest BCUT2D eigenvalue weighted by Crippen LogP contribution is 2.21. The monoisotopic (exact) mass is 295 g/mol. The molecule has 0 saturated heterocycles. The van der Waals surface area contributed by atoms with Gasteiger partial charge in [-0.15, -0.1) is 0 Å². The van der Waals surface area contributed by atoms with E-state index in [1.54, 1.807) is 17.5 Å². The summed E-state index contributed by atoms with van der Waals surface area (Å²) in [5, 5.41) is 8.26. The lowest BCUT2D eigenvalue weighted by molar-refractivity contribution is 0.725. The second kappa shape index (κ2) is 6.89. The number of anilines is 1. The number of thiophene rings is 1. The molecule has 0 aliphatic carbocycles. The summed E-state index contributed by atoms with van der Waals surface area (Å²) in [6.07, 6.45) is 1.73. The minimum Gasteiger partial charge on any atom is -0.355 e. The Kier molecular flexibility index (Phi) is 5.19. The van der Waals surface area contributed by atoms with Gasteiger partial charge in [0.15, 0.2) is 0 Å². The molecule has 0 aromatic carbocycles. The SMILES string of the molecule is CCNCc1cc(N(C)Cc2ccsc2)ncc1Cl. The van der Waals surface area contributed by atoms with Crippen LogP contribution in [0.4, 0.5) is 5.82 Å². The fraction of sp³-hybridized carbons (Fsp3) is 0.357. The van der Waals surface area contributed by atoms with E-state index in [9.17, 15) is 0 Å². The number of nitrogens with zero attached hydrogens (tertiary/aromatic N) is 2. The van der Waals surface area contributed by atoms with Gasteiger partial charge in [-0.1, -0.05) is 18.5 Å². The molecule has 0 atom stereocenters. The third-order valence-electron chi connectivity index (χ3n) is 2.88. The zero-order chi connectivity index (χ0) is 13.7. The molecule has 2 aromatic rings. The number of rotatable bonds is 6. The maximum Gasteiger partial charge on any atom is 0.128 e. The van der Waals surface area contributed by atoms with Crippen LogP contribution >= 0.6 is 22.9 Å². The Hall–Kier alpha value is -1.10. The first-order valence-electron chi connectivity index (χ1n) is 6.28. The Balaban J connectivity index is 2.10. The van der Waals surface area contributed by atoms with Crippen LogP contribution in [-0.4, -0.2) is 18.6 Å². The molecular weight excluding hydrogens is 278 g/mol. The highest BCUT2D eigenvalue weighted by molar-refractivity contribution is 7.07. The van der Waals surface area contributed by atoms with Gasteiger partial charge >= 0.3 is 0 Å². The predicted octanol–water partition coefficient (Wildman–Crippen LogP) is 3.54. The highest BCUT2D eigenvalue weighted by atomic mass is 35.5. The summed E-state index contributed by atoms with van der Waals surface area (Å²) in [6, 6.07) is 4.19. The van der Waals surface area contributed by atoms with Crippen molar-refractivity contribution in [2.24, 2.45) is 0 Å². The molecule has 0 amide bonds. The first-order valence-corrected chi connectivity index (χ1v) is 7.60. The number of nitrogens with one attached hydrogen (secondary N) is 1. The van der Waals surface area contributed by atoms with Crippen molar-refractivity contribution in [3.63, 3.8) is 0 Å². The van der Waals surface area contributed by atoms with E-state index in [1.165, 1.54) is 5.56 Å². The Morgan fingerprint density at radius 2 is 2.32 bits per heavy atom. The molecule has 0 fully saturated rings. The minimum atomic E-state index is 0.716. The molecule has 0 spiro atoms. The summed E-state index contributed by atoms with van der Waals surface area (Å²) in [7, 11) is 2.05. The summed E-state index contributed by atoms with van der Waals surface area (Å²) in [5.74, 6) is 0.948. The Labute approximate surface area is 123 Å². The molecule has 2 heterocycles. The van der Waals surface area contributed by atoms with Gasteiger partial charge in [0, 0.05) is 26.3 Å². The smallest absolute Gasteiger partial charge is 0.128 e. The molecule has 2 rings (SSSR count). The van der Waals surface area contributed by atoms with Crippen molar-refractivity contribution in [3.05, 3.63) is 45.2 Å². The molecule has 102 valence electrons. The molecule has 0 bridgehead atoms. The van der Waals surface area contributed by atoms with Gasteiger partial charge in [-0.05, 0) is 40.6 Å². The van der Waals surface area contributed by atoms with E-state index in [2.05, 4.69) is 45.0 Å². The second-order valence-electron chi connectivity index (χ2n) is 4.40. The van der Waals surface area contributed by atoms with Crippen LogP contribution in [0.2, 0.25) is 5.02 Å². The molecule has 19 heavy (non-hydrogen) atoms. The number of halogens is 1. The van der Waals surface area contributed by atoms with Crippen LogP contribution in [0.25, 0.3) is 0 Å². The Morgan fingerprint density at radius 1 is 1.47 bits per heavy atom. The van der Waals surface area contributed by atoms with Gasteiger partial charge in [-0.25, -0.2) is 4.98 Å². The molecule has 0 saturated carbocycles. The van der Waals surface area contributed by atoms with Crippen LogP contribution in [0.15, 0.2) is 29.1 Å². The van der Waals surface area contributed by atoms with Gasteiger partial charge in [0.1, 0.15) is 5.82 Å². The van der Waals surface area contributed by atoms with Crippen molar-refractivity contribution in [1.29, 1.82) is 0 Å². The molecular formula is C14H18ClN3S. The molecule has 0 unspecified atom stereocenters. The number of pyridine rings is 1. The number of hydrogen-bond donors (Lipinski definition) is 1. The lowest BCUT2D eigenvalue weighted by atomic mass is 10.2. The minimum absolute atomic E-state index is 0.716. The van der Waals surface area contributed by atoms with Crippen LogP contribution < -0.4 is 10.2 Å². The maximum atomic E-state index is 6.16. The lowest BCUT2D eigenvalue weighted by Gasteiger charge is -2.18. The molecule has 2 aromatic heterocycles. The first kappa shape index (κ1) is 14.3. The molecule has 0 aliphatic rings. The van der Waals surface area contributed by atoms with Crippen molar-refractivity contribution in [2.45, 2.75) is 20.0 Å². The van der Waals surface area contributed by atoms with Crippen LogP contribution in [0.1, 0.15) is 18.1 Å². The van der Waals surface area contributed by atoms with E-state index >= 15 is 0 Å². The van der Waals surface area contributed by atoms with Crippen molar-refractivity contribution in [3.8, 4) is 0 Å². The molecule has 1 N–H and O–H groups in total. The molecule has 3 nitrogen and oxygen atoms in total. The van der Waals surface area contributed by atoms with Gasteiger partial charge < -0.3 is 10.2 Å². The van der Waals surface area contributed by atoms with Gasteiger partial charge in [0.25, 0.3) is 0 Å². The lowest BCUT2D eigenvalue weighted by Crippen LogP contribution is -2.18. The van der Waals surface area contributed by atoms with Crippen molar-refractivity contribution in [2.75, 3.05) is 18.5 Å². The zero-order valence-corrected chi connectivity index (χ0v) is 12.8. The van der Waals surface area contributed by atoms with Gasteiger partial charge in [0.05, 0.1) is 5.02 Å². The summed E-state index contributed by atoms with van der Waals surface area (Å²) in [6.45, 7) is 4.65. The summed E-state index contributed by atoms with van der Waals surface area (Å²) in [4.78, 5) is 6.53. The van der Waals surface area contributed by atoms with Gasteiger partial charge in [-0.3, -0.25) is 0 Å². The van der Waals surface area contributed by atoms with E-state index in [-0.39, 0.29) is 0 Å². The fourth-order valence-corrected chi connectivity index (χ4v) is 2.64. The highest BCUT2D eigenvalue weighted by Gasteiger charge is 2.08. The van der Waals surface area contributed by atoms with Crippen LogP contribution in [0.3, 0.4) is 0 Å².